The van der Waals surface area contributed by atoms with E-state index in [9.17, 15) is 4.39 Å². The third-order valence-corrected chi connectivity index (χ3v) is 3.94. The molecule has 0 N–H and O–H groups in total. The fourth-order valence-corrected chi connectivity index (χ4v) is 2.51. The van der Waals surface area contributed by atoms with E-state index in [-0.39, 0.29) is 5.82 Å². The van der Waals surface area contributed by atoms with E-state index in [1.807, 2.05) is 12.1 Å². The minimum absolute atomic E-state index is 0.303. The highest BCUT2D eigenvalue weighted by Crippen LogP contribution is 2.18. The smallest absolute Gasteiger partial charge is 0.165 e. The lowest BCUT2D eigenvalue weighted by Gasteiger charge is -2.20. The predicted octanol–water partition coefficient (Wildman–Crippen LogP) is 3.94. The molecule has 0 aromatic heterocycles. The van der Waals surface area contributed by atoms with Crippen LogP contribution in [0, 0.1) is 5.82 Å². The lowest BCUT2D eigenvalue weighted by atomic mass is 10.1. The zero-order chi connectivity index (χ0) is 15.8. The van der Waals surface area contributed by atoms with E-state index in [4.69, 9.17) is 4.74 Å². The highest BCUT2D eigenvalue weighted by molar-refractivity contribution is 5.30. The van der Waals surface area contributed by atoms with Gasteiger partial charge in [-0.25, -0.2) is 4.39 Å². The van der Waals surface area contributed by atoms with Crippen LogP contribution < -0.4 is 4.74 Å². The average molecular weight is 301 g/mol. The van der Waals surface area contributed by atoms with Crippen molar-refractivity contribution in [3.05, 3.63) is 65.5 Å². The molecule has 0 bridgehead atoms. The van der Waals surface area contributed by atoms with Gasteiger partial charge in [0.25, 0.3) is 0 Å². The van der Waals surface area contributed by atoms with Gasteiger partial charge < -0.3 is 9.64 Å². The lowest BCUT2D eigenvalue weighted by Crippen LogP contribution is -2.28. The molecule has 0 saturated carbocycles. The summed E-state index contributed by atoms with van der Waals surface area (Å²) in [5.74, 6) is 0.0208. The van der Waals surface area contributed by atoms with E-state index >= 15 is 0 Å². The number of nitrogens with zero attached hydrogens (tertiary/aromatic N) is 1. The molecular weight excluding hydrogens is 277 g/mol. The molecular formula is C19H24FNO. The molecule has 0 aliphatic heterocycles. The van der Waals surface area contributed by atoms with Gasteiger partial charge in [-0.3, -0.25) is 0 Å². The molecule has 0 fully saturated rings. The van der Waals surface area contributed by atoms with Gasteiger partial charge >= 0.3 is 0 Å². The van der Waals surface area contributed by atoms with E-state index in [1.165, 1.54) is 18.7 Å². The average Bonchev–Trinajstić information content (AvgIpc) is 2.57. The van der Waals surface area contributed by atoms with Crippen LogP contribution in [0.25, 0.3) is 0 Å². The van der Waals surface area contributed by atoms with Crippen LogP contribution in [0.5, 0.6) is 5.75 Å². The van der Waals surface area contributed by atoms with E-state index < -0.39 is 0 Å². The van der Waals surface area contributed by atoms with Gasteiger partial charge in [-0.05, 0) is 42.6 Å². The molecule has 3 heteroatoms. The van der Waals surface area contributed by atoms with Crippen LogP contribution in [0.3, 0.4) is 0 Å². The Morgan fingerprint density at radius 1 is 0.955 bits per heavy atom. The SMILES string of the molecule is CCN(CCc1ccccc1)CCc1ccc(F)c(OC)c1. The lowest BCUT2D eigenvalue weighted by molar-refractivity contribution is 0.295. The summed E-state index contributed by atoms with van der Waals surface area (Å²) in [5.41, 5.74) is 2.47. The van der Waals surface area contributed by atoms with Crippen molar-refractivity contribution in [1.29, 1.82) is 0 Å². The standard InChI is InChI=1S/C19H24FNO/c1-3-21(13-11-16-7-5-4-6-8-16)14-12-17-9-10-18(20)19(15-17)22-2/h4-10,15H,3,11-14H2,1-2H3. The van der Waals surface area contributed by atoms with Gasteiger partial charge in [-0.2, -0.15) is 0 Å². The summed E-state index contributed by atoms with van der Waals surface area (Å²) < 4.78 is 18.4. The van der Waals surface area contributed by atoms with Crippen molar-refractivity contribution in [1.82, 2.24) is 4.90 Å². The molecule has 0 aliphatic carbocycles. The maximum absolute atomic E-state index is 13.4. The van der Waals surface area contributed by atoms with Crippen LogP contribution in [0.4, 0.5) is 4.39 Å². The zero-order valence-electron chi connectivity index (χ0n) is 13.4. The normalized spacial score (nSPS) is 10.9. The largest absolute Gasteiger partial charge is 0.494 e. The predicted molar refractivity (Wildman–Crippen MR) is 88.9 cm³/mol. The molecule has 2 aromatic carbocycles. The Bertz CT molecular complexity index is 571. The molecule has 2 aromatic rings. The minimum Gasteiger partial charge on any atom is -0.494 e. The van der Waals surface area contributed by atoms with Crippen LogP contribution in [0.2, 0.25) is 0 Å². The van der Waals surface area contributed by atoms with Crippen LogP contribution in [-0.4, -0.2) is 31.6 Å². The summed E-state index contributed by atoms with van der Waals surface area (Å²) in [4.78, 5) is 2.42. The van der Waals surface area contributed by atoms with Crippen LogP contribution in [-0.2, 0) is 12.8 Å². The quantitative estimate of drug-likeness (QED) is 0.732. The second kappa shape index (κ2) is 8.54. The van der Waals surface area contributed by atoms with Gasteiger partial charge in [-0.1, -0.05) is 43.3 Å². The molecule has 0 amide bonds. The number of methoxy groups -OCH3 is 1. The highest BCUT2D eigenvalue weighted by atomic mass is 19.1. The van der Waals surface area contributed by atoms with Crippen molar-refractivity contribution in [2.24, 2.45) is 0 Å². The van der Waals surface area contributed by atoms with Gasteiger partial charge in [0.2, 0.25) is 0 Å². The topological polar surface area (TPSA) is 12.5 Å². The van der Waals surface area contributed by atoms with E-state index in [1.54, 1.807) is 6.07 Å². The van der Waals surface area contributed by atoms with Crippen LogP contribution in [0.15, 0.2) is 48.5 Å². The first-order valence-corrected chi connectivity index (χ1v) is 7.81. The Hall–Kier alpha value is -1.87. The summed E-state index contributed by atoms with van der Waals surface area (Å²) in [6.45, 7) is 5.21. The Morgan fingerprint density at radius 2 is 1.64 bits per heavy atom. The molecule has 0 spiro atoms. The van der Waals surface area contributed by atoms with Gasteiger partial charge in [-0.15, -0.1) is 0 Å². The third kappa shape index (κ3) is 4.85. The molecule has 118 valence electrons. The number of rotatable bonds is 8. The maximum Gasteiger partial charge on any atom is 0.165 e. The second-order valence-corrected chi connectivity index (χ2v) is 5.39. The molecule has 0 heterocycles. The number of hydrogen-bond donors (Lipinski definition) is 0. The Kier molecular flexibility index (Phi) is 6.41. The van der Waals surface area contributed by atoms with Crippen molar-refractivity contribution < 1.29 is 9.13 Å². The molecule has 0 saturated heterocycles. The number of benzene rings is 2. The first-order chi connectivity index (χ1) is 10.7. The van der Waals surface area contributed by atoms with Crippen molar-refractivity contribution in [3.8, 4) is 5.75 Å². The molecule has 0 radical (unpaired) electrons. The van der Waals surface area contributed by atoms with Crippen molar-refractivity contribution in [2.45, 2.75) is 19.8 Å². The van der Waals surface area contributed by atoms with E-state index in [0.29, 0.717) is 5.75 Å². The van der Waals surface area contributed by atoms with Crippen LogP contribution in [0.1, 0.15) is 18.1 Å². The minimum atomic E-state index is -0.303. The first kappa shape index (κ1) is 16.5. The second-order valence-electron chi connectivity index (χ2n) is 5.39. The van der Waals surface area contributed by atoms with Crippen LogP contribution >= 0.6 is 0 Å². The zero-order valence-corrected chi connectivity index (χ0v) is 13.4. The number of halogens is 1. The van der Waals surface area contributed by atoms with Gasteiger partial charge in [0, 0.05) is 13.1 Å². The molecule has 2 rings (SSSR count). The molecule has 0 atom stereocenters. The van der Waals surface area contributed by atoms with Gasteiger partial charge in [0.15, 0.2) is 11.6 Å². The highest BCUT2D eigenvalue weighted by Gasteiger charge is 2.06. The first-order valence-electron chi connectivity index (χ1n) is 7.81. The molecule has 0 unspecified atom stereocenters. The summed E-state index contributed by atoms with van der Waals surface area (Å²) in [6.07, 6.45) is 1.96. The molecule has 22 heavy (non-hydrogen) atoms. The van der Waals surface area contributed by atoms with Crippen molar-refractivity contribution in [3.63, 3.8) is 0 Å². The Labute approximate surface area is 132 Å². The van der Waals surface area contributed by atoms with Crippen molar-refractivity contribution >= 4 is 0 Å². The fourth-order valence-electron chi connectivity index (χ4n) is 2.51. The van der Waals surface area contributed by atoms with Gasteiger partial charge in [0.05, 0.1) is 7.11 Å². The van der Waals surface area contributed by atoms with E-state index in [2.05, 4.69) is 36.1 Å². The third-order valence-electron chi connectivity index (χ3n) is 3.94. The monoisotopic (exact) mass is 301 g/mol. The van der Waals surface area contributed by atoms with Crippen molar-refractivity contribution in [2.75, 3.05) is 26.7 Å². The fraction of sp³-hybridized carbons (Fsp3) is 0.368. The Morgan fingerprint density at radius 3 is 2.27 bits per heavy atom. The summed E-state index contributed by atoms with van der Waals surface area (Å²) in [6, 6.07) is 15.6. The summed E-state index contributed by atoms with van der Waals surface area (Å²) in [5, 5.41) is 0. The Balaban J connectivity index is 1.85. The summed E-state index contributed by atoms with van der Waals surface area (Å²) >= 11 is 0. The van der Waals surface area contributed by atoms with E-state index in [0.717, 1.165) is 38.0 Å². The molecule has 2 nitrogen and oxygen atoms in total. The number of likely N-dealkylation sites (N-methyl/N-ethyl adjacent to an activating group) is 1. The number of ether oxygens (including phenoxy) is 1. The molecule has 0 aliphatic rings. The van der Waals surface area contributed by atoms with Gasteiger partial charge in [0.1, 0.15) is 0 Å². The number of hydrogen-bond acceptors (Lipinski definition) is 2. The maximum atomic E-state index is 13.4. The summed E-state index contributed by atoms with van der Waals surface area (Å²) in [7, 11) is 1.50.